The second kappa shape index (κ2) is 7.22. The van der Waals surface area contributed by atoms with Crippen molar-refractivity contribution in [3.05, 3.63) is 65.4 Å². The molecule has 2 aliphatic rings. The number of hydrogen-bond acceptors (Lipinski definition) is 0. The Morgan fingerprint density at radius 3 is 0.710 bits per heavy atom. The fraction of sp³-hybridized carbons (Fsp3) is 0.484. The van der Waals surface area contributed by atoms with E-state index in [4.69, 9.17) is 0 Å². The summed E-state index contributed by atoms with van der Waals surface area (Å²) in [6, 6.07) is 0. The molecule has 0 heterocycles. The monoisotopic (exact) mass is 412 g/mol. The van der Waals surface area contributed by atoms with Crippen LogP contribution >= 0.6 is 0 Å². The largest absolute Gasteiger partial charge is 0.0580 e. The zero-order chi connectivity index (χ0) is 23.1. The lowest BCUT2D eigenvalue weighted by atomic mass is 9.81. The van der Waals surface area contributed by atoms with E-state index in [1.54, 1.807) is 43.2 Å². The normalized spacial score (nSPS) is 16.6. The summed E-state index contributed by atoms with van der Waals surface area (Å²) in [7, 11) is 0. The Balaban J connectivity index is 1.94. The molecule has 2 aliphatic carbocycles. The third-order valence-corrected chi connectivity index (χ3v) is 9.51. The van der Waals surface area contributed by atoms with Crippen LogP contribution in [0.3, 0.4) is 0 Å². The summed E-state index contributed by atoms with van der Waals surface area (Å²) in [4.78, 5) is 0. The molecule has 0 saturated heterocycles. The molecule has 0 N–H and O–H groups in total. The van der Waals surface area contributed by atoms with E-state index in [0.717, 1.165) is 0 Å². The van der Waals surface area contributed by atoms with E-state index >= 15 is 0 Å². The zero-order valence-electron chi connectivity index (χ0n) is 21.9. The second-order valence-electron chi connectivity index (χ2n) is 10.6. The molecule has 0 amide bonds. The number of fused-ring (bicyclic) bond motifs is 2. The van der Waals surface area contributed by atoms with Crippen LogP contribution in [-0.2, 0) is 0 Å². The SMILES string of the molecule is CC1=c2c(C)c(C)c(C)c(C)c2=C(C)C1CC1C(C)=c2c(C)c(C)c(C)c(C)c2=C1C. The standard InChI is InChI=1S/C31H40/c1-14-15(2)19(6)29-23(10)26(22(9)28(29)18(14)5)13-27-24(11)30-20(7)16(3)17(4)21(8)31(30)25(27)12/h26-27H,13H2,1-12H3. The molecule has 4 rings (SSSR count). The van der Waals surface area contributed by atoms with Crippen molar-refractivity contribution in [3.63, 3.8) is 0 Å². The first-order valence-corrected chi connectivity index (χ1v) is 12.0. The lowest BCUT2D eigenvalue weighted by Crippen LogP contribution is -2.31. The highest BCUT2D eigenvalue weighted by molar-refractivity contribution is 5.76. The maximum Gasteiger partial charge on any atom is 0.00288 e. The van der Waals surface area contributed by atoms with E-state index in [1.165, 1.54) is 50.9 Å². The lowest BCUT2D eigenvalue weighted by Gasteiger charge is -2.23. The molecule has 0 radical (unpaired) electrons. The molecule has 0 fully saturated rings. The molecule has 0 nitrogen and oxygen atoms in total. The van der Waals surface area contributed by atoms with Gasteiger partial charge in [-0.1, -0.05) is 22.3 Å². The summed E-state index contributed by atoms with van der Waals surface area (Å²) in [5, 5.41) is 6.20. The Bertz CT molecular complexity index is 1190. The average Bonchev–Trinajstić information content (AvgIpc) is 3.13. The van der Waals surface area contributed by atoms with Crippen molar-refractivity contribution >= 4 is 22.3 Å². The number of rotatable bonds is 2. The van der Waals surface area contributed by atoms with Crippen LogP contribution in [0.2, 0.25) is 0 Å². The average molecular weight is 413 g/mol. The first-order chi connectivity index (χ1) is 14.4. The van der Waals surface area contributed by atoms with Gasteiger partial charge in [0.2, 0.25) is 0 Å². The summed E-state index contributed by atoms with van der Waals surface area (Å²) >= 11 is 0. The zero-order valence-corrected chi connectivity index (χ0v) is 21.9. The Morgan fingerprint density at radius 2 is 0.516 bits per heavy atom. The van der Waals surface area contributed by atoms with Gasteiger partial charge in [-0.25, -0.2) is 0 Å². The van der Waals surface area contributed by atoms with Crippen molar-refractivity contribution in [1.82, 2.24) is 0 Å². The Kier molecular flexibility index (Phi) is 5.16. The number of hydrogen-bond donors (Lipinski definition) is 0. The van der Waals surface area contributed by atoms with Gasteiger partial charge in [0.25, 0.3) is 0 Å². The molecule has 0 unspecified atom stereocenters. The van der Waals surface area contributed by atoms with Gasteiger partial charge in [0.15, 0.2) is 0 Å². The molecular formula is C31H40. The van der Waals surface area contributed by atoms with Gasteiger partial charge in [-0.3, -0.25) is 0 Å². The van der Waals surface area contributed by atoms with E-state index in [0.29, 0.717) is 11.8 Å². The molecule has 164 valence electrons. The lowest BCUT2D eigenvalue weighted by molar-refractivity contribution is 0.664. The van der Waals surface area contributed by atoms with E-state index < -0.39 is 0 Å². The van der Waals surface area contributed by atoms with Crippen LogP contribution in [0.25, 0.3) is 22.3 Å². The summed E-state index contributed by atoms with van der Waals surface area (Å²) in [6.07, 6.45) is 1.20. The van der Waals surface area contributed by atoms with Crippen molar-refractivity contribution in [2.24, 2.45) is 11.8 Å². The predicted molar refractivity (Wildman–Crippen MR) is 137 cm³/mol. The highest BCUT2D eigenvalue weighted by atomic mass is 14.3. The van der Waals surface area contributed by atoms with Gasteiger partial charge in [-0.05, 0) is 155 Å². The predicted octanol–water partition coefficient (Wildman–Crippen LogP) is 5.19. The molecule has 0 spiro atoms. The van der Waals surface area contributed by atoms with Gasteiger partial charge < -0.3 is 0 Å². The van der Waals surface area contributed by atoms with Crippen LogP contribution in [0.15, 0.2) is 0 Å². The summed E-state index contributed by atoms with van der Waals surface area (Å²) in [5.74, 6) is 1.08. The molecule has 2 aromatic rings. The maximum absolute atomic E-state index is 2.40. The maximum atomic E-state index is 2.40. The van der Waals surface area contributed by atoms with Gasteiger partial charge in [-0.2, -0.15) is 0 Å². The fourth-order valence-corrected chi connectivity index (χ4v) is 6.89. The van der Waals surface area contributed by atoms with E-state index in [-0.39, 0.29) is 0 Å². The van der Waals surface area contributed by atoms with Gasteiger partial charge in [0.1, 0.15) is 0 Å². The quantitative estimate of drug-likeness (QED) is 0.637. The van der Waals surface area contributed by atoms with Crippen LogP contribution in [-0.4, -0.2) is 0 Å². The summed E-state index contributed by atoms with van der Waals surface area (Å²) < 4.78 is 0. The van der Waals surface area contributed by atoms with Gasteiger partial charge in [0, 0.05) is 11.8 Å². The van der Waals surface area contributed by atoms with Crippen molar-refractivity contribution < 1.29 is 0 Å². The van der Waals surface area contributed by atoms with Crippen molar-refractivity contribution in [1.29, 1.82) is 0 Å². The van der Waals surface area contributed by atoms with Gasteiger partial charge >= 0.3 is 0 Å². The molecule has 0 heteroatoms. The van der Waals surface area contributed by atoms with E-state index in [9.17, 15) is 0 Å². The second-order valence-corrected chi connectivity index (χ2v) is 10.6. The summed E-state index contributed by atoms with van der Waals surface area (Å²) in [5.41, 5.74) is 18.2. The Hall–Kier alpha value is -2.08. The smallest absolute Gasteiger partial charge is 0.00288 e. The highest BCUT2D eigenvalue weighted by Gasteiger charge is 2.31. The Morgan fingerprint density at radius 1 is 0.323 bits per heavy atom. The van der Waals surface area contributed by atoms with Crippen LogP contribution in [0.5, 0.6) is 0 Å². The minimum Gasteiger partial charge on any atom is -0.0580 e. The van der Waals surface area contributed by atoms with Gasteiger partial charge in [0.05, 0.1) is 0 Å². The molecule has 0 aliphatic heterocycles. The van der Waals surface area contributed by atoms with Crippen LogP contribution in [0.4, 0.5) is 0 Å². The van der Waals surface area contributed by atoms with Crippen molar-refractivity contribution in [2.75, 3.05) is 0 Å². The molecule has 2 aromatic carbocycles. The molecular weight excluding hydrogens is 372 g/mol. The minimum atomic E-state index is 0.542. The first kappa shape index (κ1) is 22.1. The van der Waals surface area contributed by atoms with Crippen LogP contribution in [0, 0.1) is 67.2 Å². The molecule has 0 aromatic heterocycles. The molecule has 31 heavy (non-hydrogen) atoms. The Labute approximate surface area is 189 Å². The number of benzene rings is 2. The third kappa shape index (κ3) is 2.80. The van der Waals surface area contributed by atoms with E-state index in [2.05, 4.69) is 83.1 Å². The van der Waals surface area contributed by atoms with Crippen molar-refractivity contribution in [3.8, 4) is 0 Å². The molecule has 0 saturated carbocycles. The molecule has 0 atom stereocenters. The fourth-order valence-electron chi connectivity index (χ4n) is 6.89. The third-order valence-electron chi connectivity index (χ3n) is 9.51. The van der Waals surface area contributed by atoms with E-state index in [1.807, 2.05) is 0 Å². The van der Waals surface area contributed by atoms with Crippen LogP contribution in [0.1, 0.15) is 78.6 Å². The minimum absolute atomic E-state index is 0.542. The topological polar surface area (TPSA) is 0 Å². The molecule has 0 bridgehead atoms. The van der Waals surface area contributed by atoms with Gasteiger partial charge in [-0.15, -0.1) is 0 Å². The first-order valence-electron chi connectivity index (χ1n) is 12.0. The summed E-state index contributed by atoms with van der Waals surface area (Å²) in [6.45, 7) is 28.1. The van der Waals surface area contributed by atoms with Crippen molar-refractivity contribution in [2.45, 2.75) is 89.5 Å². The van der Waals surface area contributed by atoms with Crippen LogP contribution < -0.4 is 20.9 Å². The highest BCUT2D eigenvalue weighted by Crippen LogP contribution is 2.38.